The molecule has 0 heterocycles. The van der Waals surface area contributed by atoms with Crippen LogP contribution in [-0.4, -0.2) is 48.8 Å². The molecule has 0 spiro atoms. The highest BCUT2D eigenvalue weighted by Gasteiger charge is 2.17. The summed E-state index contributed by atoms with van der Waals surface area (Å²) in [7, 11) is 0. The lowest BCUT2D eigenvalue weighted by Crippen LogP contribution is -2.40. The first-order valence-corrected chi connectivity index (χ1v) is 8.06. The van der Waals surface area contributed by atoms with Crippen molar-refractivity contribution in [2.24, 2.45) is 5.41 Å². The molecule has 0 radical (unpaired) electrons. The molecule has 0 fully saturated rings. The largest absolute Gasteiger partial charge is 0.390 e. The molecule has 1 atom stereocenters. The second kappa shape index (κ2) is 10.6. The van der Waals surface area contributed by atoms with Crippen molar-refractivity contribution in [3.05, 3.63) is 0 Å². The zero-order chi connectivity index (χ0) is 14.7. The number of aliphatic hydroxyl groups excluding tert-OH is 1. The van der Waals surface area contributed by atoms with Crippen LogP contribution in [0.25, 0.3) is 0 Å². The molecule has 3 heteroatoms. The average molecular weight is 272 g/mol. The fraction of sp³-hybridized carbons (Fsp3) is 1.00. The summed E-state index contributed by atoms with van der Waals surface area (Å²) in [4.78, 5) is 2.26. The summed E-state index contributed by atoms with van der Waals surface area (Å²) < 4.78 is 0. The molecule has 2 N–H and O–H groups in total. The molecular weight excluding hydrogens is 236 g/mol. The smallest absolute Gasteiger partial charge is 0.0791 e. The van der Waals surface area contributed by atoms with Gasteiger partial charge in [-0.3, -0.25) is 0 Å². The van der Waals surface area contributed by atoms with Crippen molar-refractivity contribution in [3.8, 4) is 0 Å². The van der Waals surface area contributed by atoms with Gasteiger partial charge in [-0.25, -0.2) is 0 Å². The number of hydrogen-bond donors (Lipinski definition) is 2. The van der Waals surface area contributed by atoms with Crippen molar-refractivity contribution in [2.45, 2.75) is 66.4 Å². The molecular formula is C16H36N2O. The third-order valence-electron chi connectivity index (χ3n) is 3.80. The molecule has 0 aliphatic heterocycles. The number of hydrogen-bond acceptors (Lipinski definition) is 3. The van der Waals surface area contributed by atoms with E-state index in [2.05, 4.69) is 44.8 Å². The first kappa shape index (κ1) is 18.9. The minimum Gasteiger partial charge on any atom is -0.390 e. The predicted octanol–water partition coefficient (Wildman–Crippen LogP) is 2.89. The van der Waals surface area contributed by atoms with Crippen LogP contribution in [0.15, 0.2) is 0 Å². The summed E-state index contributed by atoms with van der Waals surface area (Å²) in [5, 5.41) is 13.4. The van der Waals surface area contributed by atoms with Crippen LogP contribution in [0.4, 0.5) is 0 Å². The monoisotopic (exact) mass is 272 g/mol. The summed E-state index contributed by atoms with van der Waals surface area (Å²) in [5.41, 5.74) is 0.337. The van der Waals surface area contributed by atoms with E-state index in [0.29, 0.717) is 12.0 Å². The number of aliphatic hydroxyl groups is 1. The molecule has 0 aliphatic carbocycles. The van der Waals surface area contributed by atoms with Crippen molar-refractivity contribution in [2.75, 3.05) is 32.7 Å². The van der Waals surface area contributed by atoms with E-state index in [1.807, 2.05) is 0 Å². The quantitative estimate of drug-likeness (QED) is 0.536. The van der Waals surface area contributed by atoms with Gasteiger partial charge in [-0.2, -0.15) is 0 Å². The van der Waals surface area contributed by atoms with Crippen LogP contribution >= 0.6 is 0 Å². The van der Waals surface area contributed by atoms with E-state index >= 15 is 0 Å². The lowest BCUT2D eigenvalue weighted by molar-refractivity contribution is 0.113. The summed E-state index contributed by atoms with van der Waals surface area (Å²) >= 11 is 0. The Morgan fingerprint density at radius 1 is 1.11 bits per heavy atom. The minimum atomic E-state index is -0.258. The maximum absolute atomic E-state index is 9.99. The molecule has 19 heavy (non-hydrogen) atoms. The molecule has 0 bridgehead atoms. The van der Waals surface area contributed by atoms with Gasteiger partial charge in [-0.15, -0.1) is 0 Å². The van der Waals surface area contributed by atoms with Gasteiger partial charge in [-0.1, -0.05) is 53.9 Å². The Balaban J connectivity index is 3.75. The maximum Gasteiger partial charge on any atom is 0.0791 e. The summed E-state index contributed by atoms with van der Waals surface area (Å²) in [5.74, 6) is 0. The highest BCUT2D eigenvalue weighted by atomic mass is 16.3. The zero-order valence-corrected chi connectivity index (χ0v) is 13.8. The Hall–Kier alpha value is -0.120. The first-order valence-electron chi connectivity index (χ1n) is 8.06. The lowest BCUT2D eigenvalue weighted by Gasteiger charge is -2.27. The van der Waals surface area contributed by atoms with Gasteiger partial charge < -0.3 is 15.3 Å². The summed E-state index contributed by atoms with van der Waals surface area (Å²) in [6.45, 7) is 15.6. The molecule has 116 valence electrons. The highest BCUT2D eigenvalue weighted by Crippen LogP contribution is 2.22. The van der Waals surface area contributed by atoms with Gasteiger partial charge in [0.15, 0.2) is 0 Å². The SMILES string of the molecule is CCCCCC(C)(C)CNCC(O)CN(CC)CC. The number of likely N-dealkylation sites (N-methyl/N-ethyl adjacent to an activating group) is 1. The summed E-state index contributed by atoms with van der Waals surface area (Å²) in [6, 6.07) is 0. The zero-order valence-electron chi connectivity index (χ0n) is 13.8. The van der Waals surface area contributed by atoms with Crippen LogP contribution in [-0.2, 0) is 0 Å². The Labute approximate surface area is 120 Å². The molecule has 0 saturated heterocycles. The second-order valence-corrected chi connectivity index (χ2v) is 6.39. The van der Waals surface area contributed by atoms with E-state index in [9.17, 15) is 5.11 Å². The molecule has 0 aromatic rings. The normalized spacial score (nSPS) is 14.1. The first-order chi connectivity index (χ1) is 8.95. The summed E-state index contributed by atoms with van der Waals surface area (Å²) in [6.07, 6.45) is 4.93. The molecule has 3 nitrogen and oxygen atoms in total. The minimum absolute atomic E-state index is 0.258. The van der Waals surface area contributed by atoms with E-state index in [1.165, 1.54) is 25.7 Å². The van der Waals surface area contributed by atoms with Gasteiger partial charge in [0.2, 0.25) is 0 Å². The van der Waals surface area contributed by atoms with Crippen molar-refractivity contribution < 1.29 is 5.11 Å². The van der Waals surface area contributed by atoms with Gasteiger partial charge in [0.1, 0.15) is 0 Å². The molecule has 0 aromatic carbocycles. The fourth-order valence-electron chi connectivity index (χ4n) is 2.36. The van der Waals surface area contributed by atoms with Crippen LogP contribution in [0.2, 0.25) is 0 Å². The number of nitrogens with one attached hydrogen (secondary N) is 1. The van der Waals surface area contributed by atoms with Gasteiger partial charge in [-0.05, 0) is 24.9 Å². The van der Waals surface area contributed by atoms with Crippen LogP contribution in [0, 0.1) is 5.41 Å². The standard InChI is InChI=1S/C16H36N2O/c1-6-9-10-11-16(4,5)14-17-12-15(19)13-18(7-2)8-3/h15,17,19H,6-14H2,1-5H3. The second-order valence-electron chi connectivity index (χ2n) is 6.39. The Bertz CT molecular complexity index is 203. The van der Waals surface area contributed by atoms with E-state index in [4.69, 9.17) is 0 Å². The van der Waals surface area contributed by atoms with Gasteiger partial charge in [0.25, 0.3) is 0 Å². The fourth-order valence-corrected chi connectivity index (χ4v) is 2.36. The molecule has 0 rings (SSSR count). The Morgan fingerprint density at radius 3 is 2.26 bits per heavy atom. The van der Waals surface area contributed by atoms with Crippen molar-refractivity contribution in [1.29, 1.82) is 0 Å². The molecule has 1 unspecified atom stereocenters. The van der Waals surface area contributed by atoms with Crippen LogP contribution < -0.4 is 5.32 Å². The van der Waals surface area contributed by atoms with E-state index in [0.717, 1.165) is 26.2 Å². The maximum atomic E-state index is 9.99. The van der Waals surface area contributed by atoms with Crippen molar-refractivity contribution >= 4 is 0 Å². The Kier molecular flexibility index (Phi) is 10.6. The lowest BCUT2D eigenvalue weighted by atomic mass is 9.87. The predicted molar refractivity (Wildman–Crippen MR) is 84.6 cm³/mol. The molecule has 0 aliphatic rings. The van der Waals surface area contributed by atoms with E-state index < -0.39 is 0 Å². The number of unbranched alkanes of at least 4 members (excludes halogenated alkanes) is 2. The molecule has 0 saturated carbocycles. The van der Waals surface area contributed by atoms with Gasteiger partial charge >= 0.3 is 0 Å². The third-order valence-corrected chi connectivity index (χ3v) is 3.80. The van der Waals surface area contributed by atoms with Crippen molar-refractivity contribution in [3.63, 3.8) is 0 Å². The van der Waals surface area contributed by atoms with E-state index in [-0.39, 0.29) is 6.10 Å². The van der Waals surface area contributed by atoms with Crippen LogP contribution in [0.1, 0.15) is 60.3 Å². The van der Waals surface area contributed by atoms with Gasteiger partial charge in [0.05, 0.1) is 6.10 Å². The van der Waals surface area contributed by atoms with E-state index in [1.54, 1.807) is 0 Å². The number of nitrogens with zero attached hydrogens (tertiary/aromatic N) is 1. The topological polar surface area (TPSA) is 35.5 Å². The molecule has 0 amide bonds. The average Bonchev–Trinajstić information content (AvgIpc) is 2.35. The van der Waals surface area contributed by atoms with Crippen molar-refractivity contribution in [1.82, 2.24) is 10.2 Å². The highest BCUT2D eigenvalue weighted by molar-refractivity contribution is 4.73. The van der Waals surface area contributed by atoms with Crippen LogP contribution in [0.3, 0.4) is 0 Å². The Morgan fingerprint density at radius 2 is 1.74 bits per heavy atom. The molecule has 0 aromatic heterocycles. The number of rotatable bonds is 12. The van der Waals surface area contributed by atoms with Gasteiger partial charge in [0, 0.05) is 19.6 Å². The van der Waals surface area contributed by atoms with Crippen LogP contribution in [0.5, 0.6) is 0 Å². The third kappa shape index (κ3) is 10.3.